The number of alkyl halides is 3. The van der Waals surface area contributed by atoms with E-state index in [4.69, 9.17) is 0 Å². The number of aromatic nitrogens is 1. The molecule has 0 radical (unpaired) electrons. The van der Waals surface area contributed by atoms with Crippen molar-refractivity contribution in [1.82, 2.24) is 4.37 Å². The normalized spacial score (nSPS) is 11.9. The van der Waals surface area contributed by atoms with Gasteiger partial charge in [0.15, 0.2) is 11.6 Å². The number of rotatable bonds is 2. The highest BCUT2D eigenvalue weighted by Gasteiger charge is 2.37. The maximum Gasteiger partial charge on any atom is 0.427 e. The van der Waals surface area contributed by atoms with Crippen molar-refractivity contribution >= 4 is 11.5 Å². The highest BCUT2D eigenvalue weighted by atomic mass is 32.1. The Balaban J connectivity index is 2.57. The maximum atomic E-state index is 13.1. The van der Waals surface area contributed by atoms with Gasteiger partial charge in [-0.25, -0.2) is 8.78 Å². The van der Waals surface area contributed by atoms with E-state index in [1.54, 1.807) is 6.92 Å². The molecular weight excluding hydrogens is 285 g/mol. The molecule has 102 valence electrons. The zero-order chi connectivity index (χ0) is 14.2. The van der Waals surface area contributed by atoms with Crippen molar-refractivity contribution in [3.63, 3.8) is 0 Å². The van der Waals surface area contributed by atoms with Crippen LogP contribution in [0.4, 0.5) is 22.0 Å². The summed E-state index contributed by atoms with van der Waals surface area (Å²) in [5.41, 5.74) is 0.199. The fraction of sp³-hybridized carbons (Fsp3) is 0.250. The lowest BCUT2D eigenvalue weighted by molar-refractivity contribution is -0.134. The third-order valence-electron chi connectivity index (χ3n) is 2.59. The van der Waals surface area contributed by atoms with Gasteiger partial charge in [0.1, 0.15) is 4.88 Å². The largest absolute Gasteiger partial charge is 0.427 e. The molecule has 0 N–H and O–H groups in total. The number of halogens is 5. The first kappa shape index (κ1) is 13.9. The molecular formula is C12H8F5NS. The molecule has 2 rings (SSSR count). The molecule has 0 aliphatic carbocycles. The standard InChI is InChI=1S/C12H8F5NS/c1-2-7-10(18-19-11(7)12(15,16)17)6-3-4-8(13)9(14)5-6/h3-5H,2H2,1H3. The zero-order valence-corrected chi connectivity index (χ0v) is 10.5. The van der Waals surface area contributed by atoms with Crippen LogP contribution in [0.1, 0.15) is 17.4 Å². The van der Waals surface area contributed by atoms with Crippen LogP contribution < -0.4 is 0 Å². The van der Waals surface area contributed by atoms with Crippen LogP contribution in [-0.2, 0) is 12.6 Å². The van der Waals surface area contributed by atoms with E-state index in [0.717, 1.165) is 12.1 Å². The van der Waals surface area contributed by atoms with Gasteiger partial charge in [-0.15, -0.1) is 0 Å². The Morgan fingerprint density at radius 2 is 1.84 bits per heavy atom. The average Bonchev–Trinajstić information content (AvgIpc) is 2.76. The van der Waals surface area contributed by atoms with Crippen molar-refractivity contribution in [2.24, 2.45) is 0 Å². The molecule has 2 aromatic rings. The van der Waals surface area contributed by atoms with E-state index in [1.165, 1.54) is 6.07 Å². The molecule has 0 fully saturated rings. The van der Waals surface area contributed by atoms with Crippen molar-refractivity contribution in [3.8, 4) is 11.3 Å². The van der Waals surface area contributed by atoms with Gasteiger partial charge in [0.25, 0.3) is 0 Å². The number of nitrogens with zero attached hydrogens (tertiary/aromatic N) is 1. The fourth-order valence-corrected chi connectivity index (χ4v) is 2.58. The second kappa shape index (κ2) is 4.88. The maximum absolute atomic E-state index is 13.1. The zero-order valence-electron chi connectivity index (χ0n) is 9.68. The van der Waals surface area contributed by atoms with Crippen LogP contribution >= 0.6 is 11.5 Å². The molecule has 0 saturated carbocycles. The molecule has 0 spiro atoms. The van der Waals surface area contributed by atoms with Crippen LogP contribution in [0, 0.1) is 11.6 Å². The molecule has 1 nitrogen and oxygen atoms in total. The summed E-state index contributed by atoms with van der Waals surface area (Å²) in [5, 5.41) is 0. The van der Waals surface area contributed by atoms with Crippen molar-refractivity contribution in [3.05, 3.63) is 40.3 Å². The quantitative estimate of drug-likeness (QED) is 0.733. The summed E-state index contributed by atoms with van der Waals surface area (Å²) >= 11 is 0.321. The second-order valence-corrected chi connectivity index (χ2v) is 4.59. The summed E-state index contributed by atoms with van der Waals surface area (Å²) in [4.78, 5) is -0.797. The van der Waals surface area contributed by atoms with E-state index in [-0.39, 0.29) is 23.2 Å². The molecule has 1 heterocycles. The van der Waals surface area contributed by atoms with Crippen molar-refractivity contribution < 1.29 is 22.0 Å². The minimum atomic E-state index is -4.49. The lowest BCUT2D eigenvalue weighted by atomic mass is 10.0. The predicted octanol–water partition coefficient (Wildman–Crippen LogP) is 4.67. The molecule has 0 aliphatic heterocycles. The summed E-state index contributed by atoms with van der Waals surface area (Å²) in [6.45, 7) is 1.56. The smallest absolute Gasteiger partial charge is 0.204 e. The number of hydrogen-bond acceptors (Lipinski definition) is 2. The van der Waals surface area contributed by atoms with Crippen LogP contribution in [0.3, 0.4) is 0 Å². The summed E-state index contributed by atoms with van der Waals surface area (Å²) in [6.07, 6.45) is -4.38. The summed E-state index contributed by atoms with van der Waals surface area (Å²) < 4.78 is 67.9. The van der Waals surface area contributed by atoms with Gasteiger partial charge in [0.2, 0.25) is 0 Å². The Kier molecular flexibility index (Phi) is 3.58. The van der Waals surface area contributed by atoms with Gasteiger partial charge < -0.3 is 0 Å². The first-order valence-corrected chi connectivity index (χ1v) is 6.13. The van der Waals surface area contributed by atoms with E-state index < -0.39 is 22.7 Å². The molecule has 0 bridgehead atoms. The highest BCUT2D eigenvalue weighted by molar-refractivity contribution is 7.06. The van der Waals surface area contributed by atoms with Crippen molar-refractivity contribution in [1.29, 1.82) is 0 Å². The second-order valence-electron chi connectivity index (χ2n) is 3.82. The average molecular weight is 293 g/mol. The van der Waals surface area contributed by atoms with E-state index in [9.17, 15) is 22.0 Å². The summed E-state index contributed by atoms with van der Waals surface area (Å²) in [7, 11) is 0. The third-order valence-corrected chi connectivity index (χ3v) is 3.53. The first-order chi connectivity index (χ1) is 8.84. The lowest BCUT2D eigenvalue weighted by Gasteiger charge is -2.07. The summed E-state index contributed by atoms with van der Waals surface area (Å²) in [5.74, 6) is -2.16. The van der Waals surface area contributed by atoms with Crippen LogP contribution in [0.25, 0.3) is 11.3 Å². The van der Waals surface area contributed by atoms with Crippen LogP contribution in [0.5, 0.6) is 0 Å². The number of benzene rings is 1. The van der Waals surface area contributed by atoms with E-state index in [1.807, 2.05) is 0 Å². The molecule has 0 saturated heterocycles. The minimum absolute atomic E-state index is 0.00325. The van der Waals surface area contributed by atoms with Crippen LogP contribution in [0.15, 0.2) is 18.2 Å². The van der Waals surface area contributed by atoms with Gasteiger partial charge in [0.05, 0.1) is 5.69 Å². The van der Waals surface area contributed by atoms with Crippen LogP contribution in [-0.4, -0.2) is 4.37 Å². The molecule has 0 amide bonds. The van der Waals surface area contributed by atoms with E-state index in [0.29, 0.717) is 11.5 Å². The van der Waals surface area contributed by atoms with Crippen molar-refractivity contribution in [2.45, 2.75) is 19.5 Å². The Morgan fingerprint density at radius 3 is 2.37 bits per heavy atom. The Bertz CT molecular complexity index is 603. The molecule has 0 aliphatic rings. The van der Waals surface area contributed by atoms with E-state index >= 15 is 0 Å². The van der Waals surface area contributed by atoms with Gasteiger partial charge >= 0.3 is 6.18 Å². The number of hydrogen-bond donors (Lipinski definition) is 0. The topological polar surface area (TPSA) is 12.9 Å². The van der Waals surface area contributed by atoms with Gasteiger partial charge in [-0.3, -0.25) is 0 Å². The van der Waals surface area contributed by atoms with Gasteiger partial charge in [-0.1, -0.05) is 6.92 Å². The molecule has 7 heteroatoms. The fourth-order valence-electron chi connectivity index (χ4n) is 1.73. The van der Waals surface area contributed by atoms with Crippen molar-refractivity contribution in [2.75, 3.05) is 0 Å². The Morgan fingerprint density at radius 1 is 1.16 bits per heavy atom. The highest BCUT2D eigenvalue weighted by Crippen LogP contribution is 2.39. The lowest BCUT2D eigenvalue weighted by Crippen LogP contribution is -2.05. The molecule has 1 aromatic carbocycles. The Labute approximate surface area is 109 Å². The Hall–Kier alpha value is -1.50. The van der Waals surface area contributed by atoms with Gasteiger partial charge in [-0.05, 0) is 36.2 Å². The van der Waals surface area contributed by atoms with E-state index in [2.05, 4.69) is 4.37 Å². The molecule has 1 aromatic heterocycles. The molecule has 0 atom stereocenters. The summed E-state index contributed by atoms with van der Waals surface area (Å²) in [6, 6.07) is 2.94. The van der Waals surface area contributed by atoms with Gasteiger partial charge in [0, 0.05) is 11.1 Å². The minimum Gasteiger partial charge on any atom is -0.204 e. The first-order valence-electron chi connectivity index (χ1n) is 5.35. The predicted molar refractivity (Wildman–Crippen MR) is 61.8 cm³/mol. The monoisotopic (exact) mass is 293 g/mol. The third kappa shape index (κ3) is 2.60. The SMILES string of the molecule is CCc1c(-c2ccc(F)c(F)c2)nsc1C(F)(F)F. The van der Waals surface area contributed by atoms with Gasteiger partial charge in [-0.2, -0.15) is 17.5 Å². The van der Waals surface area contributed by atoms with Crippen LogP contribution in [0.2, 0.25) is 0 Å². The molecule has 0 unspecified atom stereocenters. The molecule has 19 heavy (non-hydrogen) atoms.